The van der Waals surface area contributed by atoms with Gasteiger partial charge in [-0.3, -0.25) is 0 Å². The molecule has 0 bridgehead atoms. The van der Waals surface area contributed by atoms with Crippen molar-refractivity contribution in [3.05, 3.63) is 34.9 Å². The molecular formula is C16H22ClNO. The quantitative estimate of drug-likeness (QED) is 0.802. The van der Waals surface area contributed by atoms with Crippen molar-refractivity contribution in [2.45, 2.75) is 31.8 Å². The maximum Gasteiger partial charge on any atom is 0.0928 e. The van der Waals surface area contributed by atoms with Gasteiger partial charge < -0.3 is 10.4 Å². The summed E-state index contributed by atoms with van der Waals surface area (Å²) < 4.78 is 0. The number of aliphatic hydroxyl groups excluding tert-OH is 1. The van der Waals surface area contributed by atoms with Crippen LogP contribution >= 0.6 is 11.6 Å². The van der Waals surface area contributed by atoms with Crippen LogP contribution in [0.4, 0.5) is 0 Å². The molecule has 3 heteroatoms. The Labute approximate surface area is 120 Å². The van der Waals surface area contributed by atoms with Crippen molar-refractivity contribution in [3.63, 3.8) is 0 Å². The van der Waals surface area contributed by atoms with Crippen LogP contribution in [0, 0.1) is 17.8 Å². The van der Waals surface area contributed by atoms with Crippen molar-refractivity contribution in [2.75, 3.05) is 13.1 Å². The fourth-order valence-electron chi connectivity index (χ4n) is 3.01. The third-order valence-electron chi connectivity index (χ3n) is 4.44. The number of rotatable bonds is 7. The van der Waals surface area contributed by atoms with Crippen molar-refractivity contribution in [2.24, 2.45) is 17.8 Å². The number of aliphatic hydroxyl groups is 1. The van der Waals surface area contributed by atoms with Gasteiger partial charge >= 0.3 is 0 Å². The summed E-state index contributed by atoms with van der Waals surface area (Å²) >= 11 is 6.09. The zero-order chi connectivity index (χ0) is 13.2. The average molecular weight is 280 g/mol. The van der Waals surface area contributed by atoms with E-state index < -0.39 is 6.10 Å². The predicted octanol–water partition coefficient (Wildman–Crippen LogP) is 3.40. The highest BCUT2D eigenvalue weighted by molar-refractivity contribution is 6.31. The molecule has 2 fully saturated rings. The summed E-state index contributed by atoms with van der Waals surface area (Å²) in [6, 6.07) is 7.54. The largest absolute Gasteiger partial charge is 0.387 e. The standard InChI is InChI=1S/C16H22ClNO/c17-15-4-2-1-3-13(15)16(19)10-18-9-14(11-5-6-11)12-7-8-12/h1-4,11-12,14,16,18-19H,5-10H2. The van der Waals surface area contributed by atoms with Gasteiger partial charge in [0.05, 0.1) is 6.10 Å². The van der Waals surface area contributed by atoms with Crippen molar-refractivity contribution < 1.29 is 5.11 Å². The molecule has 0 heterocycles. The summed E-state index contributed by atoms with van der Waals surface area (Å²) in [5, 5.41) is 14.3. The first kappa shape index (κ1) is 13.4. The van der Waals surface area contributed by atoms with Gasteiger partial charge in [-0.1, -0.05) is 29.8 Å². The lowest BCUT2D eigenvalue weighted by Crippen LogP contribution is -2.29. The minimum atomic E-state index is -0.507. The van der Waals surface area contributed by atoms with Crippen LogP contribution in [0.1, 0.15) is 37.4 Å². The molecule has 0 saturated heterocycles. The highest BCUT2D eigenvalue weighted by Crippen LogP contribution is 2.48. The van der Waals surface area contributed by atoms with E-state index in [0.29, 0.717) is 11.6 Å². The van der Waals surface area contributed by atoms with E-state index in [1.165, 1.54) is 25.7 Å². The summed E-state index contributed by atoms with van der Waals surface area (Å²) in [6.45, 7) is 1.65. The van der Waals surface area contributed by atoms with Gasteiger partial charge in [0, 0.05) is 17.1 Å². The summed E-state index contributed by atoms with van der Waals surface area (Å²) in [4.78, 5) is 0. The molecule has 1 aromatic rings. The molecule has 2 aliphatic rings. The molecule has 0 aromatic heterocycles. The summed E-state index contributed by atoms with van der Waals surface area (Å²) in [5.41, 5.74) is 0.825. The van der Waals surface area contributed by atoms with Crippen LogP contribution in [0.15, 0.2) is 24.3 Å². The highest BCUT2D eigenvalue weighted by atomic mass is 35.5. The Morgan fingerprint density at radius 2 is 1.74 bits per heavy atom. The smallest absolute Gasteiger partial charge is 0.0928 e. The van der Waals surface area contributed by atoms with E-state index in [2.05, 4.69) is 5.32 Å². The third-order valence-corrected chi connectivity index (χ3v) is 4.78. The Balaban J connectivity index is 1.47. The van der Waals surface area contributed by atoms with Gasteiger partial charge in [-0.25, -0.2) is 0 Å². The molecule has 0 spiro atoms. The molecule has 1 aromatic carbocycles. The molecular weight excluding hydrogens is 258 g/mol. The average Bonchev–Trinajstić information content (AvgIpc) is 3.28. The Bertz CT molecular complexity index is 417. The second kappa shape index (κ2) is 5.82. The SMILES string of the molecule is OC(CNCC(C1CC1)C1CC1)c1ccccc1Cl. The van der Waals surface area contributed by atoms with E-state index in [4.69, 9.17) is 11.6 Å². The van der Waals surface area contributed by atoms with Crippen LogP contribution in [0.25, 0.3) is 0 Å². The van der Waals surface area contributed by atoms with E-state index in [-0.39, 0.29) is 0 Å². The molecule has 2 N–H and O–H groups in total. The summed E-state index contributed by atoms with van der Waals surface area (Å²) in [5.74, 6) is 2.76. The molecule has 0 aliphatic heterocycles. The second-order valence-electron chi connectivity index (χ2n) is 6.03. The molecule has 2 aliphatic carbocycles. The molecule has 2 saturated carbocycles. The highest BCUT2D eigenvalue weighted by Gasteiger charge is 2.40. The van der Waals surface area contributed by atoms with Crippen LogP contribution in [0.2, 0.25) is 5.02 Å². The van der Waals surface area contributed by atoms with E-state index in [1.54, 1.807) is 0 Å². The molecule has 2 nitrogen and oxygen atoms in total. The topological polar surface area (TPSA) is 32.3 Å². The van der Waals surface area contributed by atoms with Crippen molar-refractivity contribution in [3.8, 4) is 0 Å². The lowest BCUT2D eigenvalue weighted by Gasteiger charge is -2.18. The lowest BCUT2D eigenvalue weighted by atomic mass is 9.98. The minimum absolute atomic E-state index is 0.507. The number of hydrogen-bond acceptors (Lipinski definition) is 2. The van der Waals surface area contributed by atoms with E-state index in [0.717, 1.165) is 29.9 Å². The lowest BCUT2D eigenvalue weighted by molar-refractivity contribution is 0.171. The van der Waals surface area contributed by atoms with Crippen LogP contribution < -0.4 is 5.32 Å². The maximum atomic E-state index is 10.2. The Kier molecular flexibility index (Phi) is 4.11. The summed E-state index contributed by atoms with van der Waals surface area (Å²) in [7, 11) is 0. The fourth-order valence-corrected chi connectivity index (χ4v) is 3.27. The van der Waals surface area contributed by atoms with Gasteiger partial charge in [-0.05, 0) is 56.0 Å². The van der Waals surface area contributed by atoms with Gasteiger partial charge in [0.25, 0.3) is 0 Å². The Hall–Kier alpha value is -0.570. The van der Waals surface area contributed by atoms with Gasteiger partial charge in [0.15, 0.2) is 0 Å². The van der Waals surface area contributed by atoms with E-state index in [9.17, 15) is 5.11 Å². The van der Waals surface area contributed by atoms with Gasteiger partial charge in [-0.2, -0.15) is 0 Å². The molecule has 3 rings (SSSR count). The minimum Gasteiger partial charge on any atom is -0.387 e. The van der Waals surface area contributed by atoms with E-state index in [1.807, 2.05) is 24.3 Å². The summed E-state index contributed by atoms with van der Waals surface area (Å²) in [6.07, 6.45) is 5.14. The molecule has 1 atom stereocenters. The molecule has 0 amide bonds. The van der Waals surface area contributed by atoms with Crippen molar-refractivity contribution >= 4 is 11.6 Å². The van der Waals surface area contributed by atoms with Crippen molar-refractivity contribution in [1.82, 2.24) is 5.32 Å². The van der Waals surface area contributed by atoms with E-state index >= 15 is 0 Å². The molecule has 19 heavy (non-hydrogen) atoms. The van der Waals surface area contributed by atoms with Gasteiger partial charge in [0.2, 0.25) is 0 Å². The first-order chi connectivity index (χ1) is 9.25. The Morgan fingerprint density at radius 3 is 2.32 bits per heavy atom. The molecule has 1 unspecified atom stereocenters. The monoisotopic (exact) mass is 279 g/mol. The fraction of sp³-hybridized carbons (Fsp3) is 0.625. The number of benzene rings is 1. The maximum absolute atomic E-state index is 10.2. The van der Waals surface area contributed by atoms with Crippen LogP contribution in [0.3, 0.4) is 0 Å². The molecule has 104 valence electrons. The van der Waals surface area contributed by atoms with Crippen molar-refractivity contribution in [1.29, 1.82) is 0 Å². The van der Waals surface area contributed by atoms with Crippen LogP contribution in [-0.4, -0.2) is 18.2 Å². The second-order valence-corrected chi connectivity index (χ2v) is 6.44. The number of halogens is 1. The molecule has 0 radical (unpaired) electrons. The van der Waals surface area contributed by atoms with Crippen LogP contribution in [-0.2, 0) is 0 Å². The first-order valence-electron chi connectivity index (χ1n) is 7.39. The van der Waals surface area contributed by atoms with Crippen LogP contribution in [0.5, 0.6) is 0 Å². The van der Waals surface area contributed by atoms with Gasteiger partial charge in [-0.15, -0.1) is 0 Å². The zero-order valence-electron chi connectivity index (χ0n) is 11.2. The number of hydrogen-bond donors (Lipinski definition) is 2. The normalized spacial score (nSPS) is 20.8. The predicted molar refractivity (Wildman–Crippen MR) is 78.2 cm³/mol. The number of nitrogens with one attached hydrogen (secondary N) is 1. The van der Waals surface area contributed by atoms with Gasteiger partial charge in [0.1, 0.15) is 0 Å². The first-order valence-corrected chi connectivity index (χ1v) is 7.76. The zero-order valence-corrected chi connectivity index (χ0v) is 11.9. The third kappa shape index (κ3) is 3.50. The Morgan fingerprint density at radius 1 is 1.11 bits per heavy atom.